The quantitative estimate of drug-likeness (QED) is 0.432. The number of benzene rings is 4. The van der Waals surface area contributed by atoms with Crippen molar-refractivity contribution in [1.82, 2.24) is 0 Å². The van der Waals surface area contributed by atoms with Crippen molar-refractivity contribution in [3.05, 3.63) is 91.0 Å². The third kappa shape index (κ3) is 3.35. The molecule has 4 aromatic carbocycles. The van der Waals surface area contributed by atoms with Crippen LogP contribution in [0, 0.1) is 0 Å². The van der Waals surface area contributed by atoms with Crippen molar-refractivity contribution in [2.24, 2.45) is 0 Å². The van der Waals surface area contributed by atoms with E-state index in [1.165, 1.54) is 0 Å². The van der Waals surface area contributed by atoms with Crippen molar-refractivity contribution in [1.29, 1.82) is 0 Å². The summed E-state index contributed by atoms with van der Waals surface area (Å²) >= 11 is 0. The van der Waals surface area contributed by atoms with Crippen molar-refractivity contribution in [3.63, 3.8) is 0 Å². The fraction of sp³-hybridized carbons (Fsp3) is 0. The predicted octanol–water partition coefficient (Wildman–Crippen LogP) is 6.18. The second-order valence-electron chi connectivity index (χ2n) is 5.78. The minimum atomic E-state index is -0.193. The third-order valence-electron chi connectivity index (χ3n) is 4.13. The van der Waals surface area contributed by atoms with Crippen LogP contribution in [-0.4, -0.2) is 5.11 Å². The van der Waals surface area contributed by atoms with Gasteiger partial charge >= 0.3 is 0 Å². The Hall–Kier alpha value is -3.03. The number of aromatic hydroxyl groups is 1. The zero-order chi connectivity index (χ0) is 17.8. The summed E-state index contributed by atoms with van der Waals surface area (Å²) in [5.41, 5.74) is 1.57. The third-order valence-corrected chi connectivity index (χ3v) is 4.74. The number of hydrogen-bond acceptors (Lipinski definition) is 3. The Morgan fingerprint density at radius 1 is 0.577 bits per heavy atom. The molecule has 4 aromatic rings. The zero-order valence-corrected chi connectivity index (χ0v) is 14.9. The molecule has 0 aliphatic carbocycles. The highest BCUT2D eigenvalue weighted by Gasteiger charge is 2.10. The number of para-hydroxylation sites is 2. The molecule has 128 valence electrons. The molecule has 0 spiro atoms. The summed E-state index contributed by atoms with van der Waals surface area (Å²) in [6, 6.07) is 28.9. The Balaban J connectivity index is 1.55. The van der Waals surface area contributed by atoms with Gasteiger partial charge in [-0.05, 0) is 23.6 Å². The molecule has 3 nitrogen and oxygen atoms in total. The maximum atomic E-state index is 10.1. The van der Waals surface area contributed by atoms with Gasteiger partial charge in [-0.3, -0.25) is 0 Å². The van der Waals surface area contributed by atoms with E-state index in [4.69, 9.17) is 9.05 Å². The maximum Gasteiger partial charge on any atom is 0.275 e. The summed E-state index contributed by atoms with van der Waals surface area (Å²) in [7, 11) is -0.193. The van der Waals surface area contributed by atoms with Crippen molar-refractivity contribution < 1.29 is 14.2 Å². The Bertz CT molecular complexity index is 1040. The lowest BCUT2D eigenvalue weighted by Crippen LogP contribution is -1.89. The van der Waals surface area contributed by atoms with Crippen molar-refractivity contribution in [3.8, 4) is 28.4 Å². The van der Waals surface area contributed by atoms with Crippen LogP contribution in [-0.2, 0) is 0 Å². The first kappa shape index (κ1) is 16.4. The maximum absolute atomic E-state index is 10.1. The van der Waals surface area contributed by atoms with Crippen LogP contribution in [0.2, 0.25) is 0 Å². The van der Waals surface area contributed by atoms with E-state index in [-0.39, 0.29) is 14.8 Å². The molecule has 0 radical (unpaired) electrons. The highest BCUT2D eigenvalue weighted by atomic mass is 31.1. The van der Waals surface area contributed by atoms with Gasteiger partial charge in [0.15, 0.2) is 0 Å². The van der Waals surface area contributed by atoms with Gasteiger partial charge in [-0.2, -0.15) is 0 Å². The van der Waals surface area contributed by atoms with E-state index in [2.05, 4.69) is 12.1 Å². The SMILES string of the molecule is Oc1ccccc1-c1ccccc1OPOc1cccc2ccccc12. The topological polar surface area (TPSA) is 38.7 Å². The molecule has 0 saturated carbocycles. The van der Waals surface area contributed by atoms with Gasteiger partial charge in [-0.25, -0.2) is 0 Å². The van der Waals surface area contributed by atoms with Crippen LogP contribution in [0.15, 0.2) is 91.0 Å². The molecule has 26 heavy (non-hydrogen) atoms. The molecular formula is C22H17O3P. The largest absolute Gasteiger partial charge is 0.507 e. The normalized spacial score (nSPS) is 11.1. The van der Waals surface area contributed by atoms with Gasteiger partial charge in [-0.1, -0.05) is 72.8 Å². The standard InChI is InChI=1S/C22H17O3P/c23-20-13-5-3-11-18(20)19-12-4-6-14-22(19)25-26-24-21-15-7-9-16-8-1-2-10-17(16)21/h1-15,23,26H. The minimum absolute atomic E-state index is 0.193. The average Bonchev–Trinajstić information content (AvgIpc) is 2.69. The lowest BCUT2D eigenvalue weighted by atomic mass is 10.0. The molecule has 0 fully saturated rings. The van der Waals surface area contributed by atoms with E-state index in [0.717, 1.165) is 27.6 Å². The van der Waals surface area contributed by atoms with Crippen LogP contribution >= 0.6 is 9.03 Å². The smallest absolute Gasteiger partial charge is 0.275 e. The Morgan fingerprint density at radius 3 is 2.08 bits per heavy atom. The zero-order valence-electron chi connectivity index (χ0n) is 13.9. The molecule has 0 aromatic heterocycles. The highest BCUT2D eigenvalue weighted by molar-refractivity contribution is 7.27. The van der Waals surface area contributed by atoms with Crippen molar-refractivity contribution >= 4 is 19.8 Å². The van der Waals surface area contributed by atoms with Gasteiger partial charge in [-0.15, -0.1) is 0 Å². The molecule has 4 heteroatoms. The number of phenols is 1. The molecule has 0 aliphatic rings. The number of fused-ring (bicyclic) bond motifs is 1. The summed E-state index contributed by atoms with van der Waals surface area (Å²) in [4.78, 5) is 0. The monoisotopic (exact) mass is 360 g/mol. The first-order chi connectivity index (χ1) is 12.8. The van der Waals surface area contributed by atoms with Gasteiger partial charge in [0.2, 0.25) is 0 Å². The fourth-order valence-corrected chi connectivity index (χ4v) is 3.45. The van der Waals surface area contributed by atoms with E-state index in [0.29, 0.717) is 5.75 Å². The Kier molecular flexibility index (Phi) is 4.72. The Morgan fingerprint density at radius 2 is 1.19 bits per heavy atom. The molecule has 0 aliphatic heterocycles. The number of rotatable bonds is 5. The van der Waals surface area contributed by atoms with E-state index in [1.807, 2.05) is 66.7 Å². The molecule has 0 amide bonds. The second-order valence-corrected chi connectivity index (χ2v) is 6.35. The van der Waals surface area contributed by atoms with Gasteiger partial charge < -0.3 is 14.2 Å². The van der Waals surface area contributed by atoms with E-state index in [1.54, 1.807) is 12.1 Å². The van der Waals surface area contributed by atoms with Gasteiger partial charge in [0.05, 0.1) is 0 Å². The summed E-state index contributed by atoms with van der Waals surface area (Å²) < 4.78 is 11.8. The van der Waals surface area contributed by atoms with Crippen LogP contribution in [0.5, 0.6) is 17.2 Å². The van der Waals surface area contributed by atoms with E-state index >= 15 is 0 Å². The number of hydrogen-bond donors (Lipinski definition) is 1. The van der Waals surface area contributed by atoms with Crippen LogP contribution in [0.25, 0.3) is 21.9 Å². The first-order valence-corrected chi connectivity index (χ1v) is 9.08. The molecule has 1 atom stereocenters. The van der Waals surface area contributed by atoms with E-state index < -0.39 is 0 Å². The van der Waals surface area contributed by atoms with Crippen LogP contribution in [0.4, 0.5) is 0 Å². The highest BCUT2D eigenvalue weighted by Crippen LogP contribution is 2.38. The first-order valence-electron chi connectivity index (χ1n) is 8.27. The molecular weight excluding hydrogens is 343 g/mol. The second kappa shape index (κ2) is 7.47. The van der Waals surface area contributed by atoms with Crippen molar-refractivity contribution in [2.45, 2.75) is 0 Å². The molecule has 1 N–H and O–H groups in total. The molecule has 1 unspecified atom stereocenters. The lowest BCUT2D eigenvalue weighted by Gasteiger charge is -2.13. The summed E-state index contributed by atoms with van der Waals surface area (Å²) in [5, 5.41) is 12.3. The molecule has 0 saturated heterocycles. The molecule has 4 rings (SSSR count). The van der Waals surface area contributed by atoms with Crippen molar-refractivity contribution in [2.75, 3.05) is 0 Å². The van der Waals surface area contributed by atoms with Crippen LogP contribution in [0.1, 0.15) is 0 Å². The van der Waals surface area contributed by atoms with Gasteiger partial charge in [0.25, 0.3) is 9.03 Å². The van der Waals surface area contributed by atoms with Gasteiger partial charge in [0, 0.05) is 16.5 Å². The predicted molar refractivity (Wildman–Crippen MR) is 107 cm³/mol. The van der Waals surface area contributed by atoms with Crippen LogP contribution < -0.4 is 9.05 Å². The molecule has 0 bridgehead atoms. The fourth-order valence-electron chi connectivity index (χ4n) is 2.87. The van der Waals surface area contributed by atoms with E-state index in [9.17, 15) is 5.11 Å². The lowest BCUT2D eigenvalue weighted by molar-refractivity contribution is 0.476. The van der Waals surface area contributed by atoms with Crippen LogP contribution in [0.3, 0.4) is 0 Å². The Labute approximate surface area is 153 Å². The number of phenolic OH excluding ortho intramolecular Hbond substituents is 1. The minimum Gasteiger partial charge on any atom is -0.507 e. The summed E-state index contributed by atoms with van der Waals surface area (Å²) in [6.45, 7) is 0. The summed E-state index contributed by atoms with van der Waals surface area (Å²) in [5.74, 6) is 1.69. The molecule has 0 heterocycles. The summed E-state index contributed by atoms with van der Waals surface area (Å²) in [6.07, 6.45) is 0. The average molecular weight is 360 g/mol. The van der Waals surface area contributed by atoms with Gasteiger partial charge in [0.1, 0.15) is 17.2 Å².